The van der Waals surface area contributed by atoms with Crippen LogP contribution in [0.3, 0.4) is 0 Å². The summed E-state index contributed by atoms with van der Waals surface area (Å²) >= 11 is 5.48. The molecule has 104 valence electrons. The Morgan fingerprint density at radius 2 is 1.90 bits per heavy atom. The Hall–Kier alpha value is -2.49. The number of ether oxygens (including phenoxy) is 1. The Balaban J connectivity index is 2.05. The lowest BCUT2D eigenvalue weighted by molar-refractivity contribution is 0.299. The van der Waals surface area contributed by atoms with Gasteiger partial charge in [0.2, 0.25) is 0 Å². The van der Waals surface area contributed by atoms with Crippen molar-refractivity contribution in [3.63, 3.8) is 0 Å². The van der Waals surface area contributed by atoms with E-state index in [0.717, 1.165) is 5.56 Å². The third-order valence-electron chi connectivity index (χ3n) is 2.75. The molecule has 2 aromatic carbocycles. The van der Waals surface area contributed by atoms with Gasteiger partial charge >= 0.3 is 0 Å². The van der Waals surface area contributed by atoms with Crippen molar-refractivity contribution in [3.05, 3.63) is 65.0 Å². The van der Waals surface area contributed by atoms with Crippen molar-refractivity contribution >= 4 is 11.6 Å². The molecule has 0 aliphatic rings. The molecule has 0 N–H and O–H groups in total. The Bertz CT molecular complexity index is 723. The van der Waals surface area contributed by atoms with Crippen LogP contribution in [0.5, 0.6) is 5.75 Å². The van der Waals surface area contributed by atoms with Crippen LogP contribution in [0, 0.1) is 29.0 Å². The van der Waals surface area contributed by atoms with Crippen molar-refractivity contribution in [1.29, 1.82) is 5.26 Å². The largest absolute Gasteiger partial charge is 0.489 e. The maximum absolute atomic E-state index is 13.8. The Labute approximate surface area is 127 Å². The molecule has 2 nitrogen and oxygen atoms in total. The highest BCUT2D eigenvalue weighted by atomic mass is 35.5. The van der Waals surface area contributed by atoms with E-state index in [1.54, 1.807) is 42.5 Å². The number of rotatable bonds is 3. The summed E-state index contributed by atoms with van der Waals surface area (Å²) in [5, 5.41) is 8.78. The average Bonchev–Trinajstić information content (AvgIpc) is 2.53. The quantitative estimate of drug-likeness (QED) is 0.637. The van der Waals surface area contributed by atoms with Gasteiger partial charge in [0.1, 0.15) is 24.2 Å². The maximum atomic E-state index is 13.8. The van der Waals surface area contributed by atoms with Crippen LogP contribution in [0.2, 0.25) is 0 Å². The summed E-state index contributed by atoms with van der Waals surface area (Å²) in [6.07, 6.45) is 0. The summed E-state index contributed by atoms with van der Waals surface area (Å²) in [7, 11) is 0. The molecule has 2 rings (SSSR count). The molecule has 21 heavy (non-hydrogen) atoms. The van der Waals surface area contributed by atoms with Crippen LogP contribution in [0.1, 0.15) is 16.7 Å². The summed E-state index contributed by atoms with van der Waals surface area (Å²) in [4.78, 5) is 0. The fraction of sp³-hybridized carbons (Fsp3) is 0.118. The van der Waals surface area contributed by atoms with Crippen LogP contribution in [0.15, 0.2) is 42.5 Å². The molecule has 0 saturated carbocycles. The Morgan fingerprint density at radius 1 is 1.14 bits per heavy atom. The minimum absolute atomic E-state index is 0.0165. The van der Waals surface area contributed by atoms with Crippen molar-refractivity contribution in [2.45, 2.75) is 6.61 Å². The van der Waals surface area contributed by atoms with E-state index in [1.165, 1.54) is 6.07 Å². The molecular formula is C17H11ClFNO. The van der Waals surface area contributed by atoms with Gasteiger partial charge in [-0.3, -0.25) is 0 Å². The number of halogens is 2. The summed E-state index contributed by atoms with van der Waals surface area (Å²) in [5.41, 5.74) is 1.20. The number of nitrogens with zero attached hydrogens (tertiary/aromatic N) is 1. The molecule has 0 radical (unpaired) electrons. The molecule has 0 saturated heterocycles. The average molecular weight is 300 g/mol. The first-order valence-electron chi connectivity index (χ1n) is 6.20. The molecule has 4 heteroatoms. The molecule has 2 aromatic rings. The van der Waals surface area contributed by atoms with Gasteiger partial charge in [0.25, 0.3) is 0 Å². The number of hydrogen-bond acceptors (Lipinski definition) is 2. The van der Waals surface area contributed by atoms with Crippen molar-refractivity contribution in [2.24, 2.45) is 0 Å². The first-order valence-corrected chi connectivity index (χ1v) is 6.73. The van der Waals surface area contributed by atoms with Crippen LogP contribution >= 0.6 is 11.6 Å². The minimum atomic E-state index is -0.537. The van der Waals surface area contributed by atoms with Gasteiger partial charge in [-0.1, -0.05) is 24.0 Å². The molecule has 0 amide bonds. The summed E-state index contributed by atoms with van der Waals surface area (Å²) in [5.74, 6) is 5.99. The predicted molar refractivity (Wildman–Crippen MR) is 79.5 cm³/mol. The zero-order valence-electron chi connectivity index (χ0n) is 11.1. The van der Waals surface area contributed by atoms with E-state index in [1.807, 2.05) is 0 Å². The fourth-order valence-electron chi connectivity index (χ4n) is 1.71. The van der Waals surface area contributed by atoms with Crippen molar-refractivity contribution in [3.8, 4) is 23.7 Å². The molecule has 0 fully saturated rings. The third kappa shape index (κ3) is 3.99. The first kappa shape index (κ1) is 14.9. The van der Waals surface area contributed by atoms with Crippen LogP contribution in [-0.4, -0.2) is 5.88 Å². The number of benzene rings is 2. The summed E-state index contributed by atoms with van der Waals surface area (Å²) in [6, 6.07) is 13.6. The van der Waals surface area contributed by atoms with Gasteiger partial charge < -0.3 is 4.74 Å². The number of hydrogen-bond donors (Lipinski definition) is 0. The maximum Gasteiger partial charge on any atom is 0.147 e. The zero-order chi connectivity index (χ0) is 15.1. The highest BCUT2D eigenvalue weighted by molar-refractivity contribution is 6.19. The second kappa shape index (κ2) is 7.33. The minimum Gasteiger partial charge on any atom is -0.489 e. The lowest BCUT2D eigenvalue weighted by Crippen LogP contribution is -2.00. The normalized spacial score (nSPS) is 9.38. The second-order valence-electron chi connectivity index (χ2n) is 4.14. The van der Waals surface area contributed by atoms with Gasteiger partial charge in [-0.2, -0.15) is 5.26 Å². The van der Waals surface area contributed by atoms with E-state index in [2.05, 4.69) is 11.8 Å². The molecule has 0 spiro atoms. The van der Waals surface area contributed by atoms with Gasteiger partial charge in [0.15, 0.2) is 0 Å². The van der Waals surface area contributed by atoms with Crippen molar-refractivity contribution < 1.29 is 9.13 Å². The lowest BCUT2D eigenvalue weighted by atomic mass is 10.1. The summed E-state index contributed by atoms with van der Waals surface area (Å²) < 4.78 is 19.4. The topological polar surface area (TPSA) is 33.0 Å². The van der Waals surface area contributed by atoms with Crippen LogP contribution < -0.4 is 4.74 Å². The van der Waals surface area contributed by atoms with Crippen molar-refractivity contribution in [2.75, 3.05) is 5.88 Å². The first-order chi connectivity index (χ1) is 10.2. The van der Waals surface area contributed by atoms with Crippen LogP contribution in [0.25, 0.3) is 0 Å². The highest BCUT2D eigenvalue weighted by Crippen LogP contribution is 2.17. The second-order valence-corrected chi connectivity index (χ2v) is 4.41. The van der Waals surface area contributed by atoms with E-state index < -0.39 is 5.82 Å². The van der Waals surface area contributed by atoms with E-state index >= 15 is 0 Å². The molecule has 0 unspecified atom stereocenters. The molecule has 0 atom stereocenters. The molecule has 0 heterocycles. The molecule has 0 aliphatic carbocycles. The Kier molecular flexibility index (Phi) is 5.21. The summed E-state index contributed by atoms with van der Waals surface area (Å²) in [6.45, 7) is 0.0636. The third-order valence-corrected chi connectivity index (χ3v) is 2.88. The smallest absolute Gasteiger partial charge is 0.147 e. The van der Waals surface area contributed by atoms with Gasteiger partial charge in [-0.15, -0.1) is 11.6 Å². The van der Waals surface area contributed by atoms with Crippen LogP contribution in [-0.2, 0) is 6.61 Å². The molecular weight excluding hydrogens is 289 g/mol. The van der Waals surface area contributed by atoms with Gasteiger partial charge in [-0.25, -0.2) is 4.39 Å². The standard InChI is InChI=1S/C17H11ClFNO/c18-10-2-3-13-6-8-16(9-7-13)21-12-15-5-1-4-14(11-20)17(15)19/h1,4-9H,10,12H2. The van der Waals surface area contributed by atoms with E-state index in [-0.39, 0.29) is 18.1 Å². The molecule has 0 aromatic heterocycles. The fourth-order valence-corrected chi connectivity index (χ4v) is 1.78. The van der Waals surface area contributed by atoms with Crippen LogP contribution in [0.4, 0.5) is 4.39 Å². The SMILES string of the molecule is N#Cc1cccc(COc2ccc(C#CCCl)cc2)c1F. The zero-order valence-corrected chi connectivity index (χ0v) is 11.8. The van der Waals surface area contributed by atoms with E-state index in [4.69, 9.17) is 21.6 Å². The van der Waals surface area contributed by atoms with Gasteiger partial charge in [0.05, 0.1) is 11.4 Å². The van der Waals surface area contributed by atoms with E-state index in [9.17, 15) is 4.39 Å². The number of nitriles is 1. The molecule has 0 aliphatic heterocycles. The van der Waals surface area contributed by atoms with Gasteiger partial charge in [0, 0.05) is 11.1 Å². The van der Waals surface area contributed by atoms with E-state index in [0.29, 0.717) is 11.3 Å². The Morgan fingerprint density at radius 3 is 2.57 bits per heavy atom. The molecule has 0 bridgehead atoms. The highest BCUT2D eigenvalue weighted by Gasteiger charge is 2.07. The van der Waals surface area contributed by atoms with Gasteiger partial charge in [-0.05, 0) is 30.3 Å². The predicted octanol–water partition coefficient (Wildman–Crippen LogP) is 3.87. The lowest BCUT2D eigenvalue weighted by Gasteiger charge is -2.07. The number of alkyl halides is 1. The monoisotopic (exact) mass is 299 g/mol. The van der Waals surface area contributed by atoms with Crippen molar-refractivity contribution in [1.82, 2.24) is 0 Å².